The monoisotopic (exact) mass is 246 g/mol. The van der Waals surface area contributed by atoms with Crippen LogP contribution >= 0.6 is 0 Å². The molecule has 2 atom stereocenters. The molecule has 1 heterocycles. The van der Waals surface area contributed by atoms with Gasteiger partial charge in [-0.2, -0.15) is 0 Å². The van der Waals surface area contributed by atoms with E-state index in [-0.39, 0.29) is 0 Å². The van der Waals surface area contributed by atoms with Crippen molar-refractivity contribution in [3.63, 3.8) is 0 Å². The summed E-state index contributed by atoms with van der Waals surface area (Å²) in [5, 5.41) is 9.16. The van der Waals surface area contributed by atoms with E-state index in [2.05, 4.69) is 16.9 Å². The van der Waals surface area contributed by atoms with Gasteiger partial charge < -0.3 is 5.11 Å². The first kappa shape index (κ1) is 11.6. The summed E-state index contributed by atoms with van der Waals surface area (Å²) in [4.78, 5) is 20.0. The Kier molecular flexibility index (Phi) is 2.80. The van der Waals surface area contributed by atoms with Crippen molar-refractivity contribution in [1.82, 2.24) is 9.97 Å². The number of aromatic nitrogens is 2. The zero-order valence-electron chi connectivity index (χ0n) is 10.6. The van der Waals surface area contributed by atoms with Crippen LogP contribution in [0.25, 0.3) is 0 Å². The summed E-state index contributed by atoms with van der Waals surface area (Å²) in [6.45, 7) is 2.26. The van der Waals surface area contributed by atoms with Gasteiger partial charge in [-0.25, -0.2) is 14.8 Å². The number of hydrogen-bond donors (Lipinski definition) is 1. The normalized spacial score (nSPS) is 27.4. The van der Waals surface area contributed by atoms with Gasteiger partial charge in [0.25, 0.3) is 0 Å². The van der Waals surface area contributed by atoms with Crippen LogP contribution in [-0.4, -0.2) is 21.0 Å². The maximum absolute atomic E-state index is 11.2. The van der Waals surface area contributed by atoms with Crippen LogP contribution in [0.3, 0.4) is 0 Å². The van der Waals surface area contributed by atoms with Crippen LogP contribution in [0.5, 0.6) is 0 Å². The number of hydrogen-bond acceptors (Lipinski definition) is 3. The Labute approximate surface area is 106 Å². The number of carbonyl (C=O) groups is 1. The van der Waals surface area contributed by atoms with E-state index in [0.29, 0.717) is 17.4 Å². The highest BCUT2D eigenvalue weighted by molar-refractivity contribution is 5.88. The summed E-state index contributed by atoms with van der Waals surface area (Å²) in [5.74, 6) is 1.49. The van der Waals surface area contributed by atoms with Crippen molar-refractivity contribution in [3.05, 3.63) is 23.3 Å². The number of carboxylic acids is 1. The maximum atomic E-state index is 11.2. The first-order valence-electron chi connectivity index (χ1n) is 6.75. The highest BCUT2D eigenvalue weighted by atomic mass is 16.4. The maximum Gasteiger partial charge on any atom is 0.339 e. The lowest BCUT2D eigenvalue weighted by molar-refractivity contribution is 0.0694. The van der Waals surface area contributed by atoms with Gasteiger partial charge in [0.2, 0.25) is 0 Å². The quantitative estimate of drug-likeness (QED) is 0.890. The predicted octanol–water partition coefficient (Wildman–Crippen LogP) is 2.96. The molecule has 1 aromatic rings. The van der Waals surface area contributed by atoms with E-state index in [1.807, 2.05) is 0 Å². The van der Waals surface area contributed by atoms with Gasteiger partial charge in [0.15, 0.2) is 0 Å². The van der Waals surface area contributed by atoms with E-state index in [0.717, 1.165) is 43.1 Å². The summed E-state index contributed by atoms with van der Waals surface area (Å²) >= 11 is 0. The Morgan fingerprint density at radius 1 is 1.28 bits per heavy atom. The molecule has 1 N–H and O–H groups in total. The number of nitrogens with zero attached hydrogens (tertiary/aromatic N) is 2. The molecule has 0 saturated heterocycles. The average Bonchev–Trinajstić information content (AvgIpc) is 3.11. The van der Waals surface area contributed by atoms with Gasteiger partial charge >= 0.3 is 5.97 Å². The molecule has 4 heteroatoms. The van der Waals surface area contributed by atoms with Gasteiger partial charge in [-0.1, -0.05) is 6.92 Å². The smallest absolute Gasteiger partial charge is 0.339 e. The third-order valence-electron chi connectivity index (χ3n) is 4.09. The van der Waals surface area contributed by atoms with Crippen molar-refractivity contribution < 1.29 is 9.90 Å². The second-order valence-corrected chi connectivity index (χ2v) is 5.72. The zero-order chi connectivity index (χ0) is 12.7. The zero-order valence-corrected chi connectivity index (χ0v) is 10.6. The lowest BCUT2D eigenvalue weighted by atomic mass is 10.0. The third kappa shape index (κ3) is 2.11. The minimum Gasteiger partial charge on any atom is -0.478 e. The Morgan fingerprint density at radius 2 is 2.00 bits per heavy atom. The topological polar surface area (TPSA) is 63.1 Å². The fourth-order valence-corrected chi connectivity index (χ4v) is 2.88. The van der Waals surface area contributed by atoms with Crippen LogP contribution in [0.1, 0.15) is 72.7 Å². The Morgan fingerprint density at radius 3 is 2.56 bits per heavy atom. The molecule has 96 valence electrons. The fourth-order valence-electron chi connectivity index (χ4n) is 2.88. The lowest BCUT2D eigenvalue weighted by Crippen LogP contribution is -2.10. The molecule has 1 aromatic heterocycles. The first-order valence-corrected chi connectivity index (χ1v) is 6.75. The standard InChI is InChI=1S/C14H18N2O2/c1-8-2-3-10(6-8)13-15-7-11(14(17)18)12(16-13)9-4-5-9/h7-10H,2-6H2,1H3,(H,17,18). The van der Waals surface area contributed by atoms with Gasteiger partial charge in [0, 0.05) is 18.0 Å². The Hall–Kier alpha value is -1.45. The van der Waals surface area contributed by atoms with E-state index in [9.17, 15) is 4.79 Å². The molecule has 2 aliphatic carbocycles. The number of rotatable bonds is 3. The molecule has 4 nitrogen and oxygen atoms in total. The van der Waals surface area contributed by atoms with Crippen LogP contribution in [-0.2, 0) is 0 Å². The molecule has 2 aliphatic rings. The van der Waals surface area contributed by atoms with Gasteiger partial charge in [-0.15, -0.1) is 0 Å². The fraction of sp³-hybridized carbons (Fsp3) is 0.643. The molecule has 2 unspecified atom stereocenters. The average molecular weight is 246 g/mol. The van der Waals surface area contributed by atoms with Crippen LogP contribution in [0.2, 0.25) is 0 Å². The highest BCUT2D eigenvalue weighted by Gasteiger charge is 2.32. The first-order chi connectivity index (χ1) is 8.65. The highest BCUT2D eigenvalue weighted by Crippen LogP contribution is 2.42. The molecule has 0 aromatic carbocycles. The minimum absolute atomic E-state index is 0.298. The van der Waals surface area contributed by atoms with E-state index in [4.69, 9.17) is 5.11 Å². The van der Waals surface area contributed by atoms with Crippen LogP contribution < -0.4 is 0 Å². The van der Waals surface area contributed by atoms with Crippen LogP contribution in [0, 0.1) is 5.92 Å². The molecule has 0 spiro atoms. The number of carboxylic acid groups (broad SMARTS) is 1. The van der Waals surface area contributed by atoms with E-state index in [1.54, 1.807) is 0 Å². The molecule has 0 bridgehead atoms. The van der Waals surface area contributed by atoms with Gasteiger partial charge in [-0.05, 0) is 38.0 Å². The Bertz CT molecular complexity index is 483. The van der Waals surface area contributed by atoms with Crippen molar-refractivity contribution in [2.75, 3.05) is 0 Å². The van der Waals surface area contributed by atoms with Crippen molar-refractivity contribution in [2.45, 2.75) is 50.9 Å². The summed E-state index contributed by atoms with van der Waals surface area (Å²) in [5.41, 5.74) is 1.07. The largest absolute Gasteiger partial charge is 0.478 e. The minimum atomic E-state index is -0.900. The predicted molar refractivity (Wildman–Crippen MR) is 66.7 cm³/mol. The van der Waals surface area contributed by atoms with Crippen LogP contribution in [0.4, 0.5) is 0 Å². The molecule has 18 heavy (non-hydrogen) atoms. The summed E-state index contributed by atoms with van der Waals surface area (Å²) < 4.78 is 0. The van der Waals surface area contributed by atoms with E-state index >= 15 is 0 Å². The van der Waals surface area contributed by atoms with Gasteiger partial charge in [-0.3, -0.25) is 0 Å². The molecule has 2 saturated carbocycles. The van der Waals surface area contributed by atoms with E-state index in [1.165, 1.54) is 12.6 Å². The summed E-state index contributed by atoms with van der Waals surface area (Å²) in [6, 6.07) is 0. The molecule has 0 radical (unpaired) electrons. The SMILES string of the molecule is CC1CCC(c2ncc(C(=O)O)c(C3CC3)n2)C1. The molecular formula is C14H18N2O2. The second-order valence-electron chi connectivity index (χ2n) is 5.72. The van der Waals surface area contributed by atoms with E-state index < -0.39 is 5.97 Å². The lowest BCUT2D eigenvalue weighted by Gasteiger charge is -2.11. The summed E-state index contributed by atoms with van der Waals surface area (Å²) in [7, 11) is 0. The molecule has 3 rings (SSSR count). The van der Waals surface area contributed by atoms with Crippen molar-refractivity contribution in [1.29, 1.82) is 0 Å². The third-order valence-corrected chi connectivity index (χ3v) is 4.09. The number of aromatic carboxylic acids is 1. The molecule has 0 aliphatic heterocycles. The van der Waals surface area contributed by atoms with Crippen molar-refractivity contribution in [2.24, 2.45) is 5.92 Å². The Balaban J connectivity index is 1.92. The summed E-state index contributed by atoms with van der Waals surface area (Å²) in [6.07, 6.45) is 7.15. The second kappa shape index (κ2) is 4.34. The van der Waals surface area contributed by atoms with Crippen LogP contribution in [0.15, 0.2) is 6.20 Å². The molecular weight excluding hydrogens is 228 g/mol. The molecule has 2 fully saturated rings. The van der Waals surface area contributed by atoms with Crippen molar-refractivity contribution in [3.8, 4) is 0 Å². The van der Waals surface area contributed by atoms with Crippen molar-refractivity contribution >= 4 is 5.97 Å². The molecule has 0 amide bonds. The van der Waals surface area contributed by atoms with Gasteiger partial charge in [0.05, 0.1) is 11.3 Å². The van der Waals surface area contributed by atoms with Gasteiger partial charge in [0.1, 0.15) is 5.82 Å².